The molecular formula is C18H20N4O3. The third kappa shape index (κ3) is 2.26. The summed E-state index contributed by atoms with van der Waals surface area (Å²) in [6.07, 6.45) is 2.03. The molecule has 0 aliphatic carbocycles. The second-order valence-corrected chi connectivity index (χ2v) is 6.72. The van der Waals surface area contributed by atoms with Crippen LogP contribution in [-0.2, 0) is 10.2 Å². The van der Waals surface area contributed by atoms with E-state index in [4.69, 9.17) is 15.2 Å². The van der Waals surface area contributed by atoms with E-state index in [0.717, 1.165) is 22.6 Å². The number of rotatable bonds is 3. The van der Waals surface area contributed by atoms with Crippen LogP contribution in [0.25, 0.3) is 0 Å². The lowest BCUT2D eigenvalue weighted by atomic mass is 9.79. The van der Waals surface area contributed by atoms with Crippen molar-refractivity contribution in [3.8, 4) is 17.4 Å². The van der Waals surface area contributed by atoms with Gasteiger partial charge in [-0.15, -0.1) is 0 Å². The number of amides is 1. The first-order valence-electron chi connectivity index (χ1n) is 8.32. The van der Waals surface area contributed by atoms with E-state index in [1.54, 1.807) is 0 Å². The molecule has 0 saturated carbocycles. The van der Waals surface area contributed by atoms with Crippen molar-refractivity contribution >= 4 is 11.7 Å². The Morgan fingerprint density at radius 2 is 2.28 bits per heavy atom. The first-order chi connectivity index (χ1) is 11.9. The Labute approximate surface area is 145 Å². The maximum atomic E-state index is 12.0. The number of ether oxygens (including phenoxy) is 2. The van der Waals surface area contributed by atoms with Crippen LogP contribution in [-0.4, -0.2) is 28.5 Å². The molecule has 25 heavy (non-hydrogen) atoms. The Morgan fingerprint density at radius 3 is 3.04 bits per heavy atom. The third-order valence-corrected chi connectivity index (χ3v) is 4.87. The highest BCUT2D eigenvalue weighted by Gasteiger charge is 2.48. The molecule has 130 valence electrons. The zero-order valence-electron chi connectivity index (χ0n) is 14.4. The number of nitrogens with one attached hydrogen (secondary N) is 1. The van der Waals surface area contributed by atoms with Gasteiger partial charge in [0.2, 0.25) is 11.8 Å². The largest absolute Gasteiger partial charge is 0.492 e. The number of hydrogen-bond donors (Lipinski definition) is 2. The van der Waals surface area contributed by atoms with E-state index in [-0.39, 0.29) is 5.91 Å². The maximum absolute atomic E-state index is 12.0. The molecule has 1 aromatic heterocycles. The summed E-state index contributed by atoms with van der Waals surface area (Å²) in [5.74, 6) is 2.11. The van der Waals surface area contributed by atoms with Gasteiger partial charge in [-0.3, -0.25) is 4.79 Å². The third-order valence-electron chi connectivity index (χ3n) is 4.87. The van der Waals surface area contributed by atoms with Gasteiger partial charge in [-0.2, -0.15) is 0 Å². The van der Waals surface area contributed by atoms with Crippen molar-refractivity contribution in [3.63, 3.8) is 0 Å². The summed E-state index contributed by atoms with van der Waals surface area (Å²) >= 11 is 0. The molecular weight excluding hydrogens is 320 g/mol. The number of anilines is 1. The van der Waals surface area contributed by atoms with Gasteiger partial charge in [-0.1, -0.05) is 13.0 Å². The van der Waals surface area contributed by atoms with E-state index in [0.29, 0.717) is 30.4 Å². The van der Waals surface area contributed by atoms with Crippen LogP contribution < -0.4 is 20.5 Å². The van der Waals surface area contributed by atoms with Gasteiger partial charge in [-0.25, -0.2) is 9.97 Å². The molecule has 3 heterocycles. The first-order valence-corrected chi connectivity index (χ1v) is 8.32. The van der Waals surface area contributed by atoms with Crippen molar-refractivity contribution in [1.82, 2.24) is 9.97 Å². The molecule has 0 saturated heterocycles. The fraction of sp³-hybridized carbons (Fsp3) is 0.389. The van der Waals surface area contributed by atoms with E-state index in [2.05, 4.69) is 22.2 Å². The summed E-state index contributed by atoms with van der Waals surface area (Å²) in [6.45, 7) is 6.37. The lowest BCUT2D eigenvalue weighted by Crippen LogP contribution is -2.36. The number of benzene rings is 1. The lowest BCUT2D eigenvalue weighted by molar-refractivity contribution is -0.117. The average molecular weight is 340 g/mol. The summed E-state index contributed by atoms with van der Waals surface area (Å²) in [7, 11) is 0. The summed E-state index contributed by atoms with van der Waals surface area (Å²) in [5, 5.41) is 2.72. The quantitative estimate of drug-likeness (QED) is 0.889. The number of fused-ring (bicyclic) bond motifs is 2. The number of carbonyl (C=O) groups excluding carboxylic acids is 1. The molecule has 7 nitrogen and oxygen atoms in total. The van der Waals surface area contributed by atoms with Gasteiger partial charge in [-0.05, 0) is 31.9 Å². The number of aryl methyl sites for hydroxylation is 1. The van der Waals surface area contributed by atoms with Crippen molar-refractivity contribution in [2.24, 2.45) is 5.73 Å². The summed E-state index contributed by atoms with van der Waals surface area (Å²) < 4.78 is 11.9. The van der Waals surface area contributed by atoms with Crippen LogP contribution in [0.3, 0.4) is 0 Å². The summed E-state index contributed by atoms with van der Waals surface area (Å²) in [6, 6.07) is 3.33. The van der Waals surface area contributed by atoms with Crippen LogP contribution in [0.2, 0.25) is 0 Å². The van der Waals surface area contributed by atoms with E-state index in [1.165, 1.54) is 6.20 Å². The van der Waals surface area contributed by atoms with Crippen LogP contribution in [0, 0.1) is 6.92 Å². The van der Waals surface area contributed by atoms with E-state index >= 15 is 0 Å². The predicted molar refractivity (Wildman–Crippen MR) is 92.1 cm³/mol. The highest BCUT2D eigenvalue weighted by molar-refractivity contribution is 5.93. The number of hydrogen-bond acceptors (Lipinski definition) is 6. The molecule has 3 N–H and O–H groups in total. The van der Waals surface area contributed by atoms with Gasteiger partial charge < -0.3 is 20.5 Å². The number of carbonyl (C=O) groups is 1. The molecule has 0 spiro atoms. The first kappa shape index (κ1) is 15.8. The molecule has 4 rings (SSSR count). The zero-order valence-corrected chi connectivity index (χ0v) is 14.4. The smallest absolute Gasteiger partial charge is 0.242 e. The molecule has 1 unspecified atom stereocenters. The van der Waals surface area contributed by atoms with Crippen LogP contribution in [0.1, 0.15) is 37.1 Å². The molecule has 2 aliphatic heterocycles. The summed E-state index contributed by atoms with van der Waals surface area (Å²) in [5.41, 5.74) is 8.00. The van der Waals surface area contributed by atoms with E-state index in [9.17, 15) is 4.79 Å². The van der Waals surface area contributed by atoms with Gasteiger partial charge in [0, 0.05) is 0 Å². The normalized spacial score (nSPS) is 20.8. The minimum absolute atomic E-state index is 0.279. The Kier molecular flexibility index (Phi) is 3.43. The second-order valence-electron chi connectivity index (χ2n) is 6.72. The molecule has 1 aromatic carbocycles. The van der Waals surface area contributed by atoms with Gasteiger partial charge in [0.05, 0.1) is 23.2 Å². The molecule has 2 aromatic rings. The SMILES string of the molecule is CC[C@@H](N)C(=O)Nc1cnc2c(n1)C1(C)COc3c(C)ccc(c31)O2. The number of nitrogens with zero attached hydrogens (tertiary/aromatic N) is 2. The highest BCUT2D eigenvalue weighted by atomic mass is 16.5. The second kappa shape index (κ2) is 5.42. The molecule has 0 radical (unpaired) electrons. The highest BCUT2D eigenvalue weighted by Crippen LogP contribution is 2.54. The zero-order chi connectivity index (χ0) is 17.8. The molecule has 2 atom stereocenters. The molecule has 1 amide bonds. The van der Waals surface area contributed by atoms with Gasteiger partial charge in [0.25, 0.3) is 0 Å². The fourth-order valence-electron chi connectivity index (χ4n) is 3.32. The fourth-order valence-corrected chi connectivity index (χ4v) is 3.32. The van der Waals surface area contributed by atoms with Crippen LogP contribution in [0.5, 0.6) is 17.4 Å². The lowest BCUT2D eigenvalue weighted by Gasteiger charge is -2.30. The summed E-state index contributed by atoms with van der Waals surface area (Å²) in [4.78, 5) is 21.0. The van der Waals surface area contributed by atoms with E-state index in [1.807, 2.05) is 26.0 Å². The Morgan fingerprint density at radius 1 is 1.48 bits per heavy atom. The Balaban J connectivity index is 1.76. The molecule has 0 fully saturated rings. The van der Waals surface area contributed by atoms with Crippen molar-refractivity contribution in [1.29, 1.82) is 0 Å². The minimum atomic E-state index is -0.575. The van der Waals surface area contributed by atoms with Crippen molar-refractivity contribution in [2.45, 2.75) is 38.6 Å². The predicted octanol–water partition coefficient (Wildman–Crippen LogP) is 2.26. The standard InChI is InChI=1S/C18H20N4O3/c1-4-10(19)16(23)22-12-7-20-17-15(21-12)18(3)8-24-14-9(2)5-6-11(25-17)13(14)18/h5-7,10H,4,8,19H2,1-3H3,(H,21,22,23)/t10-,18?/m1/s1. The van der Waals surface area contributed by atoms with Crippen molar-refractivity contribution in [3.05, 3.63) is 35.2 Å². The van der Waals surface area contributed by atoms with Gasteiger partial charge in [0.15, 0.2) is 5.82 Å². The number of nitrogens with two attached hydrogens (primary N) is 1. The van der Waals surface area contributed by atoms with Gasteiger partial charge in [0.1, 0.15) is 23.8 Å². The molecule has 2 aliphatic rings. The van der Waals surface area contributed by atoms with Crippen LogP contribution in [0.15, 0.2) is 18.3 Å². The molecule has 7 heteroatoms. The van der Waals surface area contributed by atoms with Crippen LogP contribution >= 0.6 is 0 Å². The maximum Gasteiger partial charge on any atom is 0.242 e. The average Bonchev–Trinajstić information content (AvgIpc) is 2.98. The van der Waals surface area contributed by atoms with Crippen molar-refractivity contribution < 1.29 is 14.3 Å². The monoisotopic (exact) mass is 340 g/mol. The topological polar surface area (TPSA) is 99.4 Å². The van der Waals surface area contributed by atoms with E-state index < -0.39 is 11.5 Å². The van der Waals surface area contributed by atoms with Crippen LogP contribution in [0.4, 0.5) is 5.82 Å². The number of aromatic nitrogens is 2. The Hall–Kier alpha value is -2.67. The van der Waals surface area contributed by atoms with Crippen molar-refractivity contribution in [2.75, 3.05) is 11.9 Å². The Bertz CT molecular complexity index is 883. The minimum Gasteiger partial charge on any atom is -0.492 e. The molecule has 0 bridgehead atoms. The van der Waals surface area contributed by atoms with Gasteiger partial charge >= 0.3 is 0 Å².